The quantitative estimate of drug-likeness (QED) is 0.787. The molecular formula is C20H31N5O3S. The minimum atomic E-state index is -0.688. The highest BCUT2D eigenvalue weighted by Crippen LogP contribution is 2.26. The highest BCUT2D eigenvalue weighted by atomic mass is 32.1. The van der Waals surface area contributed by atoms with E-state index in [1.165, 1.54) is 32.4 Å². The second kappa shape index (κ2) is 9.06. The number of carbonyl (C=O) groups is 2. The van der Waals surface area contributed by atoms with Gasteiger partial charge in [0.25, 0.3) is 5.91 Å². The summed E-state index contributed by atoms with van der Waals surface area (Å²) >= 11 is 1.09. The maximum atomic E-state index is 13.2. The first-order valence-corrected chi connectivity index (χ1v) is 11.6. The van der Waals surface area contributed by atoms with E-state index in [0.717, 1.165) is 37.5 Å². The summed E-state index contributed by atoms with van der Waals surface area (Å²) in [4.78, 5) is 32.7. The van der Waals surface area contributed by atoms with Crippen molar-refractivity contribution in [3.05, 3.63) is 10.6 Å². The molecule has 9 heteroatoms. The lowest BCUT2D eigenvalue weighted by Crippen LogP contribution is -2.55. The third-order valence-electron chi connectivity index (χ3n) is 6.71. The molecule has 0 bridgehead atoms. The zero-order valence-corrected chi connectivity index (χ0v) is 17.9. The van der Waals surface area contributed by atoms with Gasteiger partial charge in [0.1, 0.15) is 4.88 Å². The number of likely N-dealkylation sites (tertiary alicyclic amines) is 3. The first kappa shape index (κ1) is 20.7. The van der Waals surface area contributed by atoms with Crippen molar-refractivity contribution in [3.63, 3.8) is 0 Å². The van der Waals surface area contributed by atoms with Gasteiger partial charge >= 0.3 is 0 Å². The smallest absolute Gasteiger partial charge is 0.267 e. The van der Waals surface area contributed by atoms with Crippen LogP contribution >= 0.6 is 11.5 Å². The molecule has 0 aromatic carbocycles. The molecule has 4 heterocycles. The van der Waals surface area contributed by atoms with E-state index in [2.05, 4.69) is 14.5 Å². The summed E-state index contributed by atoms with van der Waals surface area (Å²) in [5.41, 5.74) is 0.619. The Balaban J connectivity index is 1.35. The van der Waals surface area contributed by atoms with E-state index >= 15 is 0 Å². The van der Waals surface area contributed by atoms with Crippen molar-refractivity contribution in [2.45, 2.75) is 57.6 Å². The fourth-order valence-corrected chi connectivity index (χ4v) is 5.53. The molecule has 0 radical (unpaired) electrons. The van der Waals surface area contributed by atoms with Crippen LogP contribution in [0.3, 0.4) is 0 Å². The maximum Gasteiger partial charge on any atom is 0.267 e. The van der Waals surface area contributed by atoms with E-state index in [4.69, 9.17) is 0 Å². The van der Waals surface area contributed by atoms with Gasteiger partial charge in [-0.15, -0.1) is 5.10 Å². The van der Waals surface area contributed by atoms with Gasteiger partial charge in [0.05, 0.1) is 17.7 Å². The predicted octanol–water partition coefficient (Wildman–Crippen LogP) is 1.15. The van der Waals surface area contributed by atoms with E-state index in [9.17, 15) is 14.7 Å². The summed E-state index contributed by atoms with van der Waals surface area (Å²) in [6, 6.07) is 0.579. The molecule has 4 rings (SSSR count). The average Bonchev–Trinajstić information content (AvgIpc) is 3.19. The molecule has 2 amide bonds. The van der Waals surface area contributed by atoms with Gasteiger partial charge in [-0.3, -0.25) is 9.59 Å². The van der Waals surface area contributed by atoms with E-state index in [1.54, 1.807) is 11.8 Å². The van der Waals surface area contributed by atoms with Crippen LogP contribution in [0.1, 0.15) is 53.9 Å². The second-order valence-electron chi connectivity index (χ2n) is 8.55. The Morgan fingerprint density at radius 2 is 1.69 bits per heavy atom. The Bertz CT molecular complexity index is 727. The highest BCUT2D eigenvalue weighted by molar-refractivity contribution is 7.07. The molecule has 1 aromatic rings. The third kappa shape index (κ3) is 4.46. The molecule has 8 nitrogen and oxygen atoms in total. The topological polar surface area (TPSA) is 89.9 Å². The highest BCUT2D eigenvalue weighted by Gasteiger charge is 2.39. The lowest BCUT2D eigenvalue weighted by Gasteiger charge is -2.42. The Morgan fingerprint density at radius 1 is 1.00 bits per heavy atom. The lowest BCUT2D eigenvalue weighted by atomic mass is 9.91. The maximum absolute atomic E-state index is 13.2. The van der Waals surface area contributed by atoms with Crippen molar-refractivity contribution in [1.29, 1.82) is 0 Å². The van der Waals surface area contributed by atoms with Gasteiger partial charge in [-0.25, -0.2) is 0 Å². The summed E-state index contributed by atoms with van der Waals surface area (Å²) in [7, 11) is 0. The first-order chi connectivity index (χ1) is 14.0. The number of aliphatic hydroxyl groups excluding tert-OH is 1. The average molecular weight is 422 g/mol. The predicted molar refractivity (Wildman–Crippen MR) is 110 cm³/mol. The van der Waals surface area contributed by atoms with Gasteiger partial charge in [0.15, 0.2) is 0 Å². The van der Waals surface area contributed by atoms with Crippen molar-refractivity contribution in [2.75, 3.05) is 39.3 Å². The number of nitrogens with zero attached hydrogens (tertiary/aromatic N) is 5. The number of amides is 2. The minimum Gasteiger partial charge on any atom is -0.392 e. The fraction of sp³-hybridized carbons (Fsp3) is 0.800. The Labute approximate surface area is 176 Å². The lowest BCUT2D eigenvalue weighted by molar-refractivity contribution is -0.143. The van der Waals surface area contributed by atoms with Gasteiger partial charge < -0.3 is 19.8 Å². The normalized spacial score (nSPS) is 27.2. The number of hydrogen-bond donors (Lipinski definition) is 1. The second-order valence-corrected chi connectivity index (χ2v) is 9.31. The summed E-state index contributed by atoms with van der Waals surface area (Å²) in [5.74, 6) is -0.683. The molecule has 0 aliphatic carbocycles. The van der Waals surface area contributed by atoms with Gasteiger partial charge in [-0.1, -0.05) is 10.9 Å². The van der Waals surface area contributed by atoms with Crippen molar-refractivity contribution in [1.82, 2.24) is 24.3 Å². The molecule has 1 aromatic heterocycles. The standard InChI is InChI=1S/C20H31N5O3S/c1-14-18(29-22-21-14)20(28)25-12-7-17(26)16(13-25)19(27)24-10-5-15(6-11-24)23-8-3-2-4-9-23/h15-17,26H,2-13H2,1H3/t16-,17+/m0/s1. The van der Waals surface area contributed by atoms with Crippen LogP contribution in [0, 0.1) is 12.8 Å². The monoisotopic (exact) mass is 421 g/mol. The van der Waals surface area contributed by atoms with Crippen molar-refractivity contribution >= 4 is 23.3 Å². The van der Waals surface area contributed by atoms with E-state index in [-0.39, 0.29) is 18.4 Å². The van der Waals surface area contributed by atoms with E-state index in [0.29, 0.717) is 29.6 Å². The molecule has 3 saturated heterocycles. The SMILES string of the molecule is Cc1nnsc1C(=O)N1CC[C@@H](O)[C@@H](C(=O)N2CCC(N3CCCCC3)CC2)C1. The van der Waals surface area contributed by atoms with Crippen LogP contribution in [-0.4, -0.2) is 92.6 Å². The van der Waals surface area contributed by atoms with Gasteiger partial charge in [0.2, 0.25) is 5.91 Å². The van der Waals surface area contributed by atoms with Gasteiger partial charge in [0, 0.05) is 32.2 Å². The Kier molecular flexibility index (Phi) is 6.46. The number of aromatic nitrogens is 2. The largest absolute Gasteiger partial charge is 0.392 e. The van der Waals surface area contributed by atoms with Crippen molar-refractivity contribution in [2.24, 2.45) is 5.92 Å². The fourth-order valence-electron chi connectivity index (χ4n) is 4.91. The van der Waals surface area contributed by atoms with Crippen LogP contribution in [0.2, 0.25) is 0 Å². The molecule has 29 heavy (non-hydrogen) atoms. The van der Waals surface area contributed by atoms with Crippen LogP contribution in [0.15, 0.2) is 0 Å². The van der Waals surface area contributed by atoms with E-state index < -0.39 is 12.0 Å². The summed E-state index contributed by atoms with van der Waals surface area (Å²) in [5, 5.41) is 14.4. The first-order valence-electron chi connectivity index (χ1n) is 10.8. The minimum absolute atomic E-state index is 0.00811. The van der Waals surface area contributed by atoms with Crippen LogP contribution < -0.4 is 0 Å². The molecule has 0 spiro atoms. The number of carbonyl (C=O) groups excluding carboxylic acids is 2. The van der Waals surface area contributed by atoms with Crippen LogP contribution in [0.5, 0.6) is 0 Å². The molecule has 160 valence electrons. The zero-order valence-electron chi connectivity index (χ0n) is 17.1. The Hall–Kier alpha value is -1.58. The van der Waals surface area contributed by atoms with Crippen molar-refractivity contribution < 1.29 is 14.7 Å². The molecule has 3 aliphatic rings. The molecule has 3 aliphatic heterocycles. The Morgan fingerprint density at radius 3 is 2.34 bits per heavy atom. The molecule has 1 N–H and O–H groups in total. The molecule has 3 fully saturated rings. The van der Waals surface area contributed by atoms with Gasteiger partial charge in [-0.05, 0) is 63.6 Å². The number of aliphatic hydroxyl groups is 1. The number of rotatable bonds is 3. The van der Waals surface area contributed by atoms with Gasteiger partial charge in [-0.2, -0.15) is 0 Å². The molecule has 0 saturated carbocycles. The molecule has 0 unspecified atom stereocenters. The third-order valence-corrected chi connectivity index (χ3v) is 7.53. The van der Waals surface area contributed by atoms with Crippen molar-refractivity contribution in [3.8, 4) is 0 Å². The van der Waals surface area contributed by atoms with Crippen LogP contribution in [-0.2, 0) is 4.79 Å². The number of aryl methyl sites for hydroxylation is 1. The van der Waals surface area contributed by atoms with E-state index in [1.807, 2.05) is 4.90 Å². The number of hydrogen-bond acceptors (Lipinski definition) is 7. The summed E-state index contributed by atoms with van der Waals surface area (Å²) in [6.45, 7) is 6.35. The van der Waals surface area contributed by atoms with Crippen LogP contribution in [0.4, 0.5) is 0 Å². The summed E-state index contributed by atoms with van der Waals surface area (Å²) < 4.78 is 3.84. The van der Waals surface area contributed by atoms with Crippen LogP contribution in [0.25, 0.3) is 0 Å². The zero-order chi connectivity index (χ0) is 20.4. The molecule has 2 atom stereocenters. The number of piperidine rings is 3. The molecular weight excluding hydrogens is 390 g/mol. The summed E-state index contributed by atoms with van der Waals surface area (Å²) in [6.07, 6.45) is 5.65.